The van der Waals surface area contributed by atoms with Crippen LogP contribution in [0.3, 0.4) is 0 Å². The van der Waals surface area contributed by atoms with E-state index in [-0.39, 0.29) is 23.4 Å². The maximum atomic E-state index is 12.7. The molecule has 0 heterocycles. The highest BCUT2D eigenvalue weighted by atomic mass is 32.2. The number of amides is 1. The first-order valence-electron chi connectivity index (χ1n) is 7.93. The van der Waals surface area contributed by atoms with Crippen LogP contribution in [0.1, 0.15) is 19.8 Å². The number of carbonyl (C=O) groups is 1. The van der Waals surface area contributed by atoms with E-state index in [1.54, 1.807) is 30.3 Å². The zero-order valence-corrected chi connectivity index (χ0v) is 14.3. The smallest absolute Gasteiger partial charge is 0.241 e. The third-order valence-electron chi connectivity index (χ3n) is 4.22. The normalized spacial score (nSPS) is 16.1. The van der Waals surface area contributed by atoms with E-state index in [9.17, 15) is 13.2 Å². The molecule has 1 aliphatic rings. The first kappa shape index (κ1) is 16.9. The Morgan fingerprint density at radius 1 is 1.21 bits per heavy atom. The van der Waals surface area contributed by atoms with Crippen molar-refractivity contribution in [3.63, 3.8) is 0 Å². The van der Waals surface area contributed by atoms with Gasteiger partial charge in [0.25, 0.3) is 0 Å². The van der Waals surface area contributed by atoms with Crippen LogP contribution in [0, 0.1) is 5.92 Å². The van der Waals surface area contributed by atoms with Gasteiger partial charge in [-0.3, -0.25) is 4.79 Å². The number of benzene rings is 2. The summed E-state index contributed by atoms with van der Waals surface area (Å²) in [5.74, 6) is 0.218. The molecular formula is C17H21N3O3S. The second-order valence-electron chi connectivity index (χ2n) is 6.19. The Bertz CT molecular complexity index is 876. The molecule has 3 rings (SSSR count). The Morgan fingerprint density at radius 2 is 1.88 bits per heavy atom. The van der Waals surface area contributed by atoms with Gasteiger partial charge >= 0.3 is 0 Å². The summed E-state index contributed by atoms with van der Waals surface area (Å²) in [6.45, 7) is 1.65. The van der Waals surface area contributed by atoms with Gasteiger partial charge in [-0.1, -0.05) is 24.3 Å². The van der Waals surface area contributed by atoms with Crippen molar-refractivity contribution in [2.75, 3.05) is 11.9 Å². The Hall–Kier alpha value is -1.96. The van der Waals surface area contributed by atoms with Gasteiger partial charge in [0.05, 0.1) is 4.90 Å². The lowest BCUT2D eigenvalue weighted by molar-refractivity contribution is -0.114. The van der Waals surface area contributed by atoms with Gasteiger partial charge in [-0.25, -0.2) is 13.1 Å². The summed E-state index contributed by atoms with van der Waals surface area (Å²) < 4.78 is 28.0. The van der Waals surface area contributed by atoms with E-state index in [4.69, 9.17) is 5.73 Å². The molecule has 1 aliphatic carbocycles. The van der Waals surface area contributed by atoms with Gasteiger partial charge in [-0.15, -0.1) is 0 Å². The van der Waals surface area contributed by atoms with Crippen molar-refractivity contribution in [2.45, 2.75) is 30.7 Å². The summed E-state index contributed by atoms with van der Waals surface area (Å²) in [6.07, 6.45) is 2.13. The number of sulfonamides is 1. The van der Waals surface area contributed by atoms with Gasteiger partial charge in [0.2, 0.25) is 15.9 Å². The summed E-state index contributed by atoms with van der Waals surface area (Å²) in [7, 11) is -3.68. The van der Waals surface area contributed by atoms with Crippen LogP contribution in [0.4, 0.5) is 5.69 Å². The second-order valence-corrected chi connectivity index (χ2v) is 7.93. The Kier molecular flexibility index (Phi) is 4.58. The Morgan fingerprint density at radius 3 is 2.50 bits per heavy atom. The minimum atomic E-state index is -3.68. The molecule has 0 aliphatic heterocycles. The molecule has 1 amide bonds. The van der Waals surface area contributed by atoms with Crippen LogP contribution in [0.5, 0.6) is 0 Å². The van der Waals surface area contributed by atoms with Crippen LogP contribution in [0.25, 0.3) is 10.8 Å². The van der Waals surface area contributed by atoms with E-state index in [0.29, 0.717) is 22.4 Å². The third kappa shape index (κ3) is 3.58. The fourth-order valence-electron chi connectivity index (χ4n) is 2.78. The highest BCUT2D eigenvalue weighted by Gasteiger charge is 2.29. The number of nitrogens with one attached hydrogen (secondary N) is 2. The number of hydrogen-bond donors (Lipinski definition) is 3. The number of anilines is 1. The lowest BCUT2D eigenvalue weighted by Crippen LogP contribution is -2.38. The van der Waals surface area contributed by atoms with Gasteiger partial charge in [-0.2, -0.15) is 0 Å². The number of fused-ring (bicyclic) bond motifs is 1. The maximum absolute atomic E-state index is 12.7. The number of nitrogens with two attached hydrogens (primary N) is 1. The van der Waals surface area contributed by atoms with E-state index in [1.165, 1.54) is 13.0 Å². The largest absolute Gasteiger partial charge is 0.326 e. The quantitative estimate of drug-likeness (QED) is 0.742. The minimum Gasteiger partial charge on any atom is -0.326 e. The average molecular weight is 347 g/mol. The fourth-order valence-corrected chi connectivity index (χ4v) is 4.06. The van der Waals surface area contributed by atoms with Crippen molar-refractivity contribution in [1.29, 1.82) is 0 Å². The molecule has 1 unspecified atom stereocenters. The number of hydrogen-bond acceptors (Lipinski definition) is 4. The van der Waals surface area contributed by atoms with Gasteiger partial charge in [0.15, 0.2) is 0 Å². The van der Waals surface area contributed by atoms with Crippen LogP contribution < -0.4 is 15.8 Å². The van der Waals surface area contributed by atoms with E-state index in [2.05, 4.69) is 10.0 Å². The summed E-state index contributed by atoms with van der Waals surface area (Å²) in [5.41, 5.74) is 6.57. The summed E-state index contributed by atoms with van der Waals surface area (Å²) >= 11 is 0. The van der Waals surface area contributed by atoms with E-state index in [0.717, 1.165) is 12.8 Å². The van der Waals surface area contributed by atoms with Crippen molar-refractivity contribution in [1.82, 2.24) is 4.72 Å². The first-order chi connectivity index (χ1) is 11.4. The SMILES string of the molecule is CC(=O)Nc1ccc(S(=O)(=O)NCC(N)C2CC2)c2ccccc12. The maximum Gasteiger partial charge on any atom is 0.241 e. The van der Waals surface area contributed by atoms with E-state index < -0.39 is 10.0 Å². The molecule has 7 heteroatoms. The fraction of sp³-hybridized carbons (Fsp3) is 0.353. The average Bonchev–Trinajstić information content (AvgIpc) is 3.37. The Balaban J connectivity index is 1.95. The highest BCUT2D eigenvalue weighted by molar-refractivity contribution is 7.89. The van der Waals surface area contributed by atoms with Gasteiger partial charge in [0, 0.05) is 36.0 Å². The van der Waals surface area contributed by atoms with Crippen molar-refractivity contribution >= 4 is 32.4 Å². The molecule has 0 aromatic heterocycles. The lowest BCUT2D eigenvalue weighted by Gasteiger charge is -2.15. The standard InChI is InChI=1S/C17H21N3O3S/c1-11(21)20-16-8-9-17(14-5-3-2-4-13(14)16)24(22,23)19-10-15(18)12-6-7-12/h2-5,8-9,12,15,19H,6-7,10,18H2,1H3,(H,20,21). The van der Waals surface area contributed by atoms with E-state index in [1.807, 2.05) is 0 Å². The molecule has 0 bridgehead atoms. The topological polar surface area (TPSA) is 101 Å². The molecular weight excluding hydrogens is 326 g/mol. The molecule has 1 saturated carbocycles. The highest BCUT2D eigenvalue weighted by Crippen LogP contribution is 2.32. The van der Waals surface area contributed by atoms with Gasteiger partial charge in [0.1, 0.15) is 0 Å². The van der Waals surface area contributed by atoms with Crippen molar-refractivity contribution in [3.8, 4) is 0 Å². The zero-order chi connectivity index (χ0) is 17.3. The molecule has 0 saturated heterocycles. The van der Waals surface area contributed by atoms with Crippen LogP contribution in [-0.4, -0.2) is 26.9 Å². The predicted molar refractivity (Wildman–Crippen MR) is 94.1 cm³/mol. The van der Waals surface area contributed by atoms with Crippen molar-refractivity contribution < 1.29 is 13.2 Å². The first-order valence-corrected chi connectivity index (χ1v) is 9.41. The zero-order valence-electron chi connectivity index (χ0n) is 13.5. The number of carbonyl (C=O) groups excluding carboxylic acids is 1. The number of rotatable bonds is 6. The molecule has 0 radical (unpaired) electrons. The molecule has 0 spiro atoms. The Labute approximate surface area is 141 Å². The van der Waals surface area contributed by atoms with Crippen molar-refractivity contribution in [3.05, 3.63) is 36.4 Å². The predicted octanol–water partition coefficient (Wildman–Crippen LogP) is 1.81. The molecule has 1 atom stereocenters. The summed E-state index contributed by atoms with van der Waals surface area (Å²) in [6, 6.07) is 10.1. The molecule has 1 fully saturated rings. The second kappa shape index (κ2) is 6.51. The van der Waals surface area contributed by atoms with Gasteiger partial charge < -0.3 is 11.1 Å². The third-order valence-corrected chi connectivity index (χ3v) is 5.70. The summed E-state index contributed by atoms with van der Waals surface area (Å²) in [5, 5.41) is 3.97. The van der Waals surface area contributed by atoms with Crippen LogP contribution in [0.2, 0.25) is 0 Å². The molecule has 128 valence electrons. The minimum absolute atomic E-state index is 0.148. The molecule has 4 N–H and O–H groups in total. The molecule has 24 heavy (non-hydrogen) atoms. The monoisotopic (exact) mass is 347 g/mol. The molecule has 6 nitrogen and oxygen atoms in total. The van der Waals surface area contributed by atoms with Crippen LogP contribution in [-0.2, 0) is 14.8 Å². The van der Waals surface area contributed by atoms with Crippen LogP contribution in [0.15, 0.2) is 41.3 Å². The van der Waals surface area contributed by atoms with Crippen LogP contribution >= 0.6 is 0 Å². The summed E-state index contributed by atoms with van der Waals surface area (Å²) in [4.78, 5) is 11.5. The van der Waals surface area contributed by atoms with Crippen molar-refractivity contribution in [2.24, 2.45) is 11.7 Å². The molecule has 2 aromatic carbocycles. The van der Waals surface area contributed by atoms with Gasteiger partial charge in [-0.05, 0) is 30.9 Å². The van der Waals surface area contributed by atoms with E-state index >= 15 is 0 Å². The molecule has 2 aromatic rings. The lowest BCUT2D eigenvalue weighted by atomic mass is 10.1.